The second-order valence-corrected chi connectivity index (χ2v) is 6.53. The Morgan fingerprint density at radius 2 is 1.76 bits per heavy atom. The van der Waals surface area contributed by atoms with Crippen LogP contribution >= 0.6 is 11.8 Å². The van der Waals surface area contributed by atoms with Gasteiger partial charge in [-0.05, 0) is 29.7 Å². The quantitative estimate of drug-likeness (QED) is 0.794. The minimum atomic E-state index is 0.244. The number of hydrogen-bond acceptors (Lipinski definition) is 2. The molecule has 1 N–H and O–H groups in total. The van der Waals surface area contributed by atoms with Crippen LogP contribution in [0.5, 0.6) is 0 Å². The van der Waals surface area contributed by atoms with Gasteiger partial charge in [0.15, 0.2) is 0 Å². The molecule has 0 aromatic heterocycles. The van der Waals surface area contributed by atoms with Crippen molar-refractivity contribution in [2.75, 3.05) is 18.6 Å². The normalized spacial score (nSPS) is 13.7. The molecule has 1 atom stereocenters. The molecule has 0 aliphatic carbocycles. The summed E-state index contributed by atoms with van der Waals surface area (Å²) in [5.74, 6) is 1.17. The van der Waals surface area contributed by atoms with Crippen LogP contribution in [0.1, 0.15) is 44.9 Å². The smallest absolute Gasteiger partial charge is 0.0292 e. The maximum Gasteiger partial charge on any atom is 0.0292 e. The average molecular weight is 251 g/mol. The Balaban J connectivity index is 2.61. The summed E-state index contributed by atoms with van der Waals surface area (Å²) in [4.78, 5) is 0. The topological polar surface area (TPSA) is 12.0 Å². The standard InChI is InChI=1S/C15H25NS/c1-12(16-10-11-17-5)13-6-8-14(9-7-13)15(2,3)4/h6-9,12,16H,10-11H2,1-5H3. The molecule has 17 heavy (non-hydrogen) atoms. The fourth-order valence-corrected chi connectivity index (χ4v) is 2.09. The highest BCUT2D eigenvalue weighted by atomic mass is 32.2. The van der Waals surface area contributed by atoms with E-state index in [4.69, 9.17) is 0 Å². The lowest BCUT2D eigenvalue weighted by Gasteiger charge is -2.20. The zero-order valence-corrected chi connectivity index (χ0v) is 12.5. The summed E-state index contributed by atoms with van der Waals surface area (Å²) in [6.45, 7) is 10.1. The van der Waals surface area contributed by atoms with Crippen molar-refractivity contribution in [1.29, 1.82) is 0 Å². The molecule has 0 heterocycles. The zero-order chi connectivity index (χ0) is 12.9. The third-order valence-corrected chi connectivity index (χ3v) is 3.65. The molecule has 0 saturated heterocycles. The van der Waals surface area contributed by atoms with Gasteiger partial charge in [-0.3, -0.25) is 0 Å². The first-order valence-electron chi connectivity index (χ1n) is 6.28. The van der Waals surface area contributed by atoms with Crippen molar-refractivity contribution < 1.29 is 0 Å². The summed E-state index contributed by atoms with van der Waals surface area (Å²) in [5, 5.41) is 3.54. The van der Waals surface area contributed by atoms with E-state index in [1.807, 2.05) is 11.8 Å². The van der Waals surface area contributed by atoms with Gasteiger partial charge < -0.3 is 5.32 Å². The van der Waals surface area contributed by atoms with Crippen LogP contribution in [-0.4, -0.2) is 18.6 Å². The number of rotatable bonds is 5. The van der Waals surface area contributed by atoms with E-state index in [1.54, 1.807) is 0 Å². The van der Waals surface area contributed by atoms with Gasteiger partial charge in [0, 0.05) is 18.3 Å². The number of benzene rings is 1. The van der Waals surface area contributed by atoms with Gasteiger partial charge in [-0.2, -0.15) is 11.8 Å². The zero-order valence-electron chi connectivity index (χ0n) is 11.7. The lowest BCUT2D eigenvalue weighted by Crippen LogP contribution is -2.21. The molecule has 0 bridgehead atoms. The molecule has 1 rings (SSSR count). The SMILES string of the molecule is CSCCNC(C)c1ccc(C(C)(C)C)cc1. The van der Waals surface area contributed by atoms with Crippen LogP contribution in [0.25, 0.3) is 0 Å². The summed E-state index contributed by atoms with van der Waals surface area (Å²) < 4.78 is 0. The van der Waals surface area contributed by atoms with Crippen LogP contribution in [0.3, 0.4) is 0 Å². The van der Waals surface area contributed by atoms with Gasteiger partial charge in [0.1, 0.15) is 0 Å². The van der Waals surface area contributed by atoms with Gasteiger partial charge in [0.2, 0.25) is 0 Å². The second kappa shape index (κ2) is 6.46. The van der Waals surface area contributed by atoms with Crippen molar-refractivity contribution in [3.8, 4) is 0 Å². The molecule has 1 unspecified atom stereocenters. The number of nitrogens with one attached hydrogen (secondary N) is 1. The third-order valence-electron chi connectivity index (χ3n) is 3.03. The molecule has 0 aliphatic heterocycles. The largest absolute Gasteiger partial charge is 0.309 e. The summed E-state index contributed by atoms with van der Waals surface area (Å²) in [6.07, 6.45) is 2.14. The maximum absolute atomic E-state index is 3.54. The number of hydrogen-bond donors (Lipinski definition) is 1. The van der Waals surface area contributed by atoms with E-state index in [0.29, 0.717) is 6.04 Å². The Bertz CT molecular complexity index is 324. The predicted molar refractivity (Wildman–Crippen MR) is 79.9 cm³/mol. The van der Waals surface area contributed by atoms with E-state index >= 15 is 0 Å². The molecule has 2 heteroatoms. The van der Waals surface area contributed by atoms with Crippen LogP contribution in [0.15, 0.2) is 24.3 Å². The molecule has 0 fully saturated rings. The molecule has 0 saturated carbocycles. The van der Waals surface area contributed by atoms with Crippen molar-refractivity contribution in [1.82, 2.24) is 5.32 Å². The first-order valence-corrected chi connectivity index (χ1v) is 7.67. The molecule has 1 aromatic rings. The highest BCUT2D eigenvalue weighted by molar-refractivity contribution is 7.98. The van der Waals surface area contributed by atoms with Gasteiger partial charge in [-0.15, -0.1) is 0 Å². The molecular weight excluding hydrogens is 226 g/mol. The van der Waals surface area contributed by atoms with E-state index in [9.17, 15) is 0 Å². The monoisotopic (exact) mass is 251 g/mol. The van der Waals surface area contributed by atoms with Gasteiger partial charge in [0.25, 0.3) is 0 Å². The average Bonchev–Trinajstić information content (AvgIpc) is 2.28. The first kappa shape index (κ1) is 14.6. The van der Waals surface area contributed by atoms with Crippen molar-refractivity contribution in [3.63, 3.8) is 0 Å². The summed E-state index contributed by atoms with van der Waals surface area (Å²) >= 11 is 1.88. The molecule has 0 spiro atoms. The fourth-order valence-electron chi connectivity index (χ4n) is 1.77. The van der Waals surface area contributed by atoms with Gasteiger partial charge in [-0.25, -0.2) is 0 Å². The summed E-state index contributed by atoms with van der Waals surface area (Å²) in [5.41, 5.74) is 3.02. The van der Waals surface area contributed by atoms with Crippen LogP contribution in [0, 0.1) is 0 Å². The van der Waals surface area contributed by atoms with E-state index in [2.05, 4.69) is 63.5 Å². The van der Waals surface area contributed by atoms with Crippen LogP contribution in [0.4, 0.5) is 0 Å². The predicted octanol–water partition coefficient (Wildman–Crippen LogP) is 4.00. The first-order chi connectivity index (χ1) is 7.95. The van der Waals surface area contributed by atoms with E-state index in [1.165, 1.54) is 16.9 Å². The van der Waals surface area contributed by atoms with Gasteiger partial charge in [-0.1, -0.05) is 45.0 Å². The van der Waals surface area contributed by atoms with Crippen LogP contribution < -0.4 is 5.32 Å². The van der Waals surface area contributed by atoms with E-state index in [0.717, 1.165) is 6.54 Å². The Morgan fingerprint density at radius 3 is 2.24 bits per heavy atom. The molecule has 0 amide bonds. The van der Waals surface area contributed by atoms with Crippen LogP contribution in [0.2, 0.25) is 0 Å². The van der Waals surface area contributed by atoms with Crippen molar-refractivity contribution >= 4 is 11.8 Å². The van der Waals surface area contributed by atoms with Crippen molar-refractivity contribution in [2.24, 2.45) is 0 Å². The van der Waals surface area contributed by atoms with Crippen LogP contribution in [-0.2, 0) is 5.41 Å². The van der Waals surface area contributed by atoms with Gasteiger partial charge in [0.05, 0.1) is 0 Å². The minimum Gasteiger partial charge on any atom is -0.309 e. The Hall–Kier alpha value is -0.470. The van der Waals surface area contributed by atoms with E-state index in [-0.39, 0.29) is 5.41 Å². The summed E-state index contributed by atoms with van der Waals surface area (Å²) in [7, 11) is 0. The van der Waals surface area contributed by atoms with Crippen molar-refractivity contribution in [2.45, 2.75) is 39.2 Å². The lowest BCUT2D eigenvalue weighted by molar-refractivity contribution is 0.583. The lowest BCUT2D eigenvalue weighted by atomic mass is 9.86. The highest BCUT2D eigenvalue weighted by Crippen LogP contribution is 2.23. The fraction of sp³-hybridized carbons (Fsp3) is 0.600. The Kier molecular flexibility index (Phi) is 5.54. The number of thioether (sulfide) groups is 1. The molecule has 0 radical (unpaired) electrons. The molecule has 96 valence electrons. The molecular formula is C15H25NS. The van der Waals surface area contributed by atoms with Gasteiger partial charge >= 0.3 is 0 Å². The minimum absolute atomic E-state index is 0.244. The Labute approximate surface area is 110 Å². The third kappa shape index (κ3) is 4.72. The second-order valence-electron chi connectivity index (χ2n) is 5.54. The van der Waals surface area contributed by atoms with Crippen molar-refractivity contribution in [3.05, 3.63) is 35.4 Å². The maximum atomic E-state index is 3.54. The molecule has 1 aromatic carbocycles. The molecule has 0 aliphatic rings. The van der Waals surface area contributed by atoms with E-state index < -0.39 is 0 Å². The molecule has 1 nitrogen and oxygen atoms in total. The Morgan fingerprint density at radius 1 is 1.18 bits per heavy atom. The summed E-state index contributed by atoms with van der Waals surface area (Å²) in [6, 6.07) is 9.44. The highest BCUT2D eigenvalue weighted by Gasteiger charge is 2.13.